The third-order valence-electron chi connectivity index (χ3n) is 2.24. The smallest absolute Gasteiger partial charge is 0.369 e. The fourth-order valence-electron chi connectivity index (χ4n) is 1.50. The molecule has 0 radical (unpaired) electrons. The molecule has 0 fully saturated rings. The molecule has 0 saturated carbocycles. The highest BCUT2D eigenvalue weighted by Gasteiger charge is 2.13. The van der Waals surface area contributed by atoms with Crippen LogP contribution in [0.15, 0.2) is 36.7 Å². The van der Waals surface area contributed by atoms with Crippen LogP contribution in [0, 0.1) is 0 Å². The van der Waals surface area contributed by atoms with Crippen molar-refractivity contribution in [2.75, 3.05) is 0 Å². The van der Waals surface area contributed by atoms with Crippen molar-refractivity contribution in [2.24, 2.45) is 5.90 Å². The molecule has 5 heteroatoms. The van der Waals surface area contributed by atoms with Crippen LogP contribution in [0.3, 0.4) is 0 Å². The number of hydrogen-bond donors (Lipinski definition) is 2. The van der Waals surface area contributed by atoms with Gasteiger partial charge in [-0.1, -0.05) is 6.07 Å². The molecule has 2 heterocycles. The van der Waals surface area contributed by atoms with Gasteiger partial charge in [0.25, 0.3) is 0 Å². The summed E-state index contributed by atoms with van der Waals surface area (Å²) >= 11 is 0. The highest BCUT2D eigenvalue weighted by Crippen LogP contribution is 2.12. The van der Waals surface area contributed by atoms with Crippen LogP contribution in [0.2, 0.25) is 0 Å². The minimum atomic E-state index is -0.573. The first-order valence-corrected chi connectivity index (χ1v) is 4.78. The Hall–Kier alpha value is -2.14. The summed E-state index contributed by atoms with van der Waals surface area (Å²) in [4.78, 5) is 22.4. The van der Waals surface area contributed by atoms with Crippen molar-refractivity contribution < 1.29 is 9.63 Å². The quantitative estimate of drug-likeness (QED) is 0.752. The number of carbonyl (C=O) groups excluding carboxylic acids is 1. The number of H-pyrrole nitrogens is 1. The summed E-state index contributed by atoms with van der Waals surface area (Å²) in [5, 5.41) is 0. The second-order valence-electron chi connectivity index (χ2n) is 3.28. The lowest BCUT2D eigenvalue weighted by atomic mass is 10.1. The maximum absolute atomic E-state index is 11.3. The van der Waals surface area contributed by atoms with Crippen molar-refractivity contribution in [1.29, 1.82) is 0 Å². The molecular weight excluding hydrogens is 206 g/mol. The minimum Gasteiger partial charge on any atom is -0.369 e. The zero-order valence-corrected chi connectivity index (χ0v) is 8.51. The Bertz CT molecular complexity index is 479. The molecule has 0 aliphatic heterocycles. The third-order valence-corrected chi connectivity index (χ3v) is 2.24. The van der Waals surface area contributed by atoms with E-state index in [0.29, 0.717) is 12.1 Å². The van der Waals surface area contributed by atoms with Gasteiger partial charge in [-0.25, -0.2) is 4.79 Å². The van der Waals surface area contributed by atoms with E-state index in [-0.39, 0.29) is 0 Å². The van der Waals surface area contributed by atoms with Gasteiger partial charge in [0, 0.05) is 24.5 Å². The molecule has 0 amide bonds. The predicted molar refractivity (Wildman–Crippen MR) is 57.4 cm³/mol. The number of hydrogen-bond acceptors (Lipinski definition) is 4. The number of aromatic nitrogens is 2. The van der Waals surface area contributed by atoms with E-state index in [4.69, 9.17) is 5.90 Å². The number of nitrogens with zero attached hydrogens (tertiary/aromatic N) is 1. The zero-order valence-electron chi connectivity index (χ0n) is 8.51. The molecule has 0 unspecified atom stereocenters. The molecule has 0 aliphatic rings. The SMILES string of the molecule is NOC(=O)c1[nH]ccc1Cc1ccccn1. The summed E-state index contributed by atoms with van der Waals surface area (Å²) in [6.07, 6.45) is 3.95. The highest BCUT2D eigenvalue weighted by molar-refractivity contribution is 5.88. The first-order chi connectivity index (χ1) is 7.81. The molecular formula is C11H11N3O2. The van der Waals surface area contributed by atoms with Gasteiger partial charge in [-0.2, -0.15) is 5.90 Å². The molecule has 2 aromatic heterocycles. The summed E-state index contributed by atoms with van der Waals surface area (Å²) < 4.78 is 0. The largest absolute Gasteiger partial charge is 0.373 e. The average molecular weight is 217 g/mol. The molecule has 3 N–H and O–H groups in total. The van der Waals surface area contributed by atoms with Gasteiger partial charge in [0.15, 0.2) is 0 Å². The zero-order chi connectivity index (χ0) is 11.4. The van der Waals surface area contributed by atoms with Crippen molar-refractivity contribution in [2.45, 2.75) is 6.42 Å². The Morgan fingerprint density at radius 1 is 1.44 bits per heavy atom. The second-order valence-corrected chi connectivity index (χ2v) is 3.28. The fourth-order valence-corrected chi connectivity index (χ4v) is 1.50. The molecule has 2 rings (SSSR count). The number of carbonyl (C=O) groups is 1. The summed E-state index contributed by atoms with van der Waals surface area (Å²) in [6, 6.07) is 7.44. The molecule has 0 aromatic carbocycles. The Kier molecular flexibility index (Phi) is 2.98. The molecule has 16 heavy (non-hydrogen) atoms. The van der Waals surface area contributed by atoms with Crippen LogP contribution in [0.4, 0.5) is 0 Å². The molecule has 5 nitrogen and oxygen atoms in total. The van der Waals surface area contributed by atoms with Crippen molar-refractivity contribution in [1.82, 2.24) is 9.97 Å². The van der Waals surface area contributed by atoms with Gasteiger partial charge in [-0.05, 0) is 23.8 Å². The van der Waals surface area contributed by atoms with Gasteiger partial charge in [-0.3, -0.25) is 4.98 Å². The van der Waals surface area contributed by atoms with Crippen molar-refractivity contribution in [3.05, 3.63) is 53.6 Å². The molecule has 0 atom stereocenters. The molecule has 82 valence electrons. The van der Waals surface area contributed by atoms with Gasteiger partial charge >= 0.3 is 5.97 Å². The van der Waals surface area contributed by atoms with Crippen molar-refractivity contribution >= 4 is 5.97 Å². The number of rotatable bonds is 3. The molecule has 0 saturated heterocycles. The van der Waals surface area contributed by atoms with Crippen molar-refractivity contribution in [3.63, 3.8) is 0 Å². The van der Waals surface area contributed by atoms with Gasteiger partial charge < -0.3 is 9.82 Å². The Balaban J connectivity index is 2.22. The van der Waals surface area contributed by atoms with Crippen LogP contribution < -0.4 is 5.90 Å². The van der Waals surface area contributed by atoms with Crippen LogP contribution in [0.25, 0.3) is 0 Å². The Morgan fingerprint density at radius 3 is 3.00 bits per heavy atom. The van der Waals surface area contributed by atoms with E-state index in [1.54, 1.807) is 18.5 Å². The lowest BCUT2D eigenvalue weighted by Crippen LogP contribution is -2.12. The van der Waals surface area contributed by atoms with E-state index < -0.39 is 5.97 Å². The first-order valence-electron chi connectivity index (χ1n) is 4.78. The van der Waals surface area contributed by atoms with E-state index in [2.05, 4.69) is 14.8 Å². The Labute approximate surface area is 92.2 Å². The summed E-state index contributed by atoms with van der Waals surface area (Å²) in [6.45, 7) is 0. The standard InChI is InChI=1S/C11H11N3O2/c12-16-11(15)10-8(4-6-14-10)7-9-3-1-2-5-13-9/h1-6,14H,7,12H2. The van der Waals surface area contributed by atoms with Crippen LogP contribution in [-0.2, 0) is 11.3 Å². The van der Waals surface area contributed by atoms with Gasteiger partial charge in [-0.15, -0.1) is 0 Å². The van der Waals surface area contributed by atoms with E-state index >= 15 is 0 Å². The molecule has 2 aromatic rings. The van der Waals surface area contributed by atoms with E-state index in [1.807, 2.05) is 18.2 Å². The second kappa shape index (κ2) is 4.59. The first kappa shape index (κ1) is 10.4. The average Bonchev–Trinajstić information content (AvgIpc) is 2.77. The van der Waals surface area contributed by atoms with E-state index in [1.165, 1.54) is 0 Å². The third kappa shape index (κ3) is 2.09. The molecule has 0 spiro atoms. The van der Waals surface area contributed by atoms with Crippen LogP contribution >= 0.6 is 0 Å². The minimum absolute atomic E-state index is 0.369. The summed E-state index contributed by atoms with van der Waals surface area (Å²) in [5.74, 6) is 4.27. The van der Waals surface area contributed by atoms with Crippen molar-refractivity contribution in [3.8, 4) is 0 Å². The van der Waals surface area contributed by atoms with Gasteiger partial charge in [0.05, 0.1) is 0 Å². The highest BCUT2D eigenvalue weighted by atomic mass is 16.7. The molecule has 0 bridgehead atoms. The lowest BCUT2D eigenvalue weighted by molar-refractivity contribution is 0.0496. The summed E-state index contributed by atoms with van der Waals surface area (Å²) in [7, 11) is 0. The number of nitrogens with one attached hydrogen (secondary N) is 1. The normalized spacial score (nSPS) is 10.1. The van der Waals surface area contributed by atoms with Crippen LogP contribution in [0.1, 0.15) is 21.7 Å². The topological polar surface area (TPSA) is 81.0 Å². The predicted octanol–water partition coefficient (Wildman–Crippen LogP) is 1.03. The maximum Gasteiger partial charge on any atom is 0.373 e. The fraction of sp³-hybridized carbons (Fsp3) is 0.0909. The van der Waals surface area contributed by atoms with Gasteiger partial charge in [0.1, 0.15) is 5.69 Å². The monoisotopic (exact) mass is 217 g/mol. The lowest BCUT2D eigenvalue weighted by Gasteiger charge is -2.01. The number of nitrogens with two attached hydrogens (primary N) is 1. The van der Waals surface area contributed by atoms with Crippen LogP contribution in [-0.4, -0.2) is 15.9 Å². The summed E-state index contributed by atoms with van der Waals surface area (Å²) in [5.41, 5.74) is 2.07. The molecule has 0 aliphatic carbocycles. The number of pyridine rings is 1. The maximum atomic E-state index is 11.3. The van der Waals surface area contributed by atoms with Crippen LogP contribution in [0.5, 0.6) is 0 Å². The van der Waals surface area contributed by atoms with E-state index in [9.17, 15) is 4.79 Å². The Morgan fingerprint density at radius 2 is 2.31 bits per heavy atom. The number of aromatic amines is 1. The van der Waals surface area contributed by atoms with Gasteiger partial charge in [0.2, 0.25) is 0 Å². The van der Waals surface area contributed by atoms with E-state index in [0.717, 1.165) is 11.3 Å².